The number of nitrogens with one attached hydrogen (secondary N) is 1. The van der Waals surface area contributed by atoms with Gasteiger partial charge in [0.1, 0.15) is 0 Å². The molecule has 1 aromatic carbocycles. The van der Waals surface area contributed by atoms with E-state index in [1.165, 1.54) is 0 Å². The first-order valence-electron chi connectivity index (χ1n) is 8.88. The SMILES string of the molecule is Cc1cc([As]c2cc3cc(C(=O)OC(C)C)ccc3c(OC(C)C)n2)n[nH]1. The predicted octanol–water partition coefficient (Wildman–Crippen LogP) is 2.27. The summed E-state index contributed by atoms with van der Waals surface area (Å²) in [5.74, 6) is 0.261. The van der Waals surface area contributed by atoms with Gasteiger partial charge in [-0.25, -0.2) is 0 Å². The number of carbonyl (C=O) groups is 1. The molecule has 0 atom stereocenters. The van der Waals surface area contributed by atoms with E-state index >= 15 is 0 Å². The van der Waals surface area contributed by atoms with Gasteiger partial charge < -0.3 is 0 Å². The fourth-order valence-corrected chi connectivity index (χ4v) is 4.54. The molecule has 0 aliphatic heterocycles. The Morgan fingerprint density at radius 1 is 1.07 bits per heavy atom. The van der Waals surface area contributed by atoms with Gasteiger partial charge in [0, 0.05) is 0 Å². The molecule has 1 radical (unpaired) electrons. The van der Waals surface area contributed by atoms with E-state index in [1.807, 2.05) is 58.9 Å². The normalized spacial score (nSPS) is 11.8. The van der Waals surface area contributed by atoms with Crippen LogP contribution in [0.15, 0.2) is 30.3 Å². The number of nitrogens with zero attached hydrogens (tertiary/aromatic N) is 2. The van der Waals surface area contributed by atoms with Crippen LogP contribution in [0, 0.1) is 6.92 Å². The van der Waals surface area contributed by atoms with Crippen molar-refractivity contribution in [3.63, 3.8) is 0 Å². The molecule has 2 aromatic heterocycles. The fraction of sp³-hybridized carbons (Fsp3) is 0.350. The number of benzene rings is 1. The van der Waals surface area contributed by atoms with Crippen LogP contribution in [0.1, 0.15) is 43.7 Å². The summed E-state index contributed by atoms with van der Waals surface area (Å²) in [6, 6.07) is 9.52. The fourth-order valence-electron chi connectivity index (χ4n) is 2.57. The predicted molar refractivity (Wildman–Crippen MR) is 106 cm³/mol. The van der Waals surface area contributed by atoms with Gasteiger partial charge in [-0.2, -0.15) is 0 Å². The number of hydrogen-bond donors (Lipinski definition) is 1. The van der Waals surface area contributed by atoms with E-state index in [-0.39, 0.29) is 33.9 Å². The van der Waals surface area contributed by atoms with Crippen LogP contribution < -0.4 is 13.7 Å². The Morgan fingerprint density at radius 2 is 1.85 bits per heavy atom. The summed E-state index contributed by atoms with van der Waals surface area (Å²) in [5.41, 5.74) is 1.55. The number of H-pyrrole nitrogens is 1. The molecule has 27 heavy (non-hydrogen) atoms. The van der Waals surface area contributed by atoms with Crippen molar-refractivity contribution in [1.82, 2.24) is 15.2 Å². The van der Waals surface area contributed by atoms with Gasteiger partial charge in [-0.1, -0.05) is 0 Å². The van der Waals surface area contributed by atoms with Crippen LogP contribution in [0.5, 0.6) is 5.88 Å². The monoisotopic (exact) mass is 428 g/mol. The first kappa shape index (κ1) is 19.4. The van der Waals surface area contributed by atoms with E-state index in [1.54, 1.807) is 6.07 Å². The molecule has 0 bridgehead atoms. The van der Waals surface area contributed by atoms with Crippen molar-refractivity contribution in [3.05, 3.63) is 41.6 Å². The Kier molecular flexibility index (Phi) is 5.85. The zero-order chi connectivity index (χ0) is 19.6. The van der Waals surface area contributed by atoms with Crippen LogP contribution in [-0.4, -0.2) is 49.1 Å². The molecule has 0 spiro atoms. The molecular formula is C20H23AsN3O3. The molecule has 6 nitrogen and oxygen atoms in total. The van der Waals surface area contributed by atoms with E-state index in [9.17, 15) is 4.79 Å². The van der Waals surface area contributed by atoms with Gasteiger partial charge in [0.2, 0.25) is 0 Å². The van der Waals surface area contributed by atoms with Crippen molar-refractivity contribution in [1.29, 1.82) is 0 Å². The van der Waals surface area contributed by atoms with E-state index in [4.69, 9.17) is 14.5 Å². The number of aromatic amines is 1. The van der Waals surface area contributed by atoms with E-state index in [2.05, 4.69) is 10.2 Å². The summed E-state index contributed by atoms with van der Waals surface area (Å²) in [6.45, 7) is 9.60. The number of aromatic nitrogens is 3. The Balaban J connectivity index is 2.03. The maximum absolute atomic E-state index is 12.3. The first-order chi connectivity index (χ1) is 12.8. The summed E-state index contributed by atoms with van der Waals surface area (Å²) < 4.78 is 13.2. The summed E-state index contributed by atoms with van der Waals surface area (Å²) >= 11 is -0.390. The van der Waals surface area contributed by atoms with Gasteiger partial charge in [0.15, 0.2) is 0 Å². The minimum absolute atomic E-state index is 0.00501. The van der Waals surface area contributed by atoms with Crippen LogP contribution in [-0.2, 0) is 4.74 Å². The second-order valence-electron chi connectivity index (χ2n) is 6.86. The van der Waals surface area contributed by atoms with E-state index < -0.39 is 0 Å². The van der Waals surface area contributed by atoms with Crippen molar-refractivity contribution in [2.75, 3.05) is 0 Å². The van der Waals surface area contributed by atoms with Crippen LogP contribution in [0.2, 0.25) is 0 Å². The molecular weight excluding hydrogens is 405 g/mol. The number of rotatable bonds is 6. The zero-order valence-corrected chi connectivity index (χ0v) is 18.0. The molecule has 7 heteroatoms. The molecule has 2 heterocycles. The van der Waals surface area contributed by atoms with Gasteiger partial charge in [-0.15, -0.1) is 0 Å². The quantitative estimate of drug-likeness (QED) is 0.482. The van der Waals surface area contributed by atoms with E-state index in [0.717, 1.165) is 25.4 Å². The molecule has 0 saturated heterocycles. The molecule has 3 rings (SSSR count). The third-order valence-electron chi connectivity index (χ3n) is 3.63. The molecule has 0 amide bonds. The van der Waals surface area contributed by atoms with Gasteiger partial charge in [-0.05, 0) is 0 Å². The van der Waals surface area contributed by atoms with Crippen LogP contribution in [0.25, 0.3) is 10.8 Å². The number of fused-ring (bicyclic) bond motifs is 1. The van der Waals surface area contributed by atoms with Crippen molar-refractivity contribution in [2.45, 2.75) is 46.8 Å². The molecule has 0 saturated carbocycles. The first-order valence-corrected chi connectivity index (χ1v) is 10.8. The number of hydrogen-bond acceptors (Lipinski definition) is 5. The Hall–Kier alpha value is -2.33. The average Bonchev–Trinajstić information content (AvgIpc) is 2.98. The Morgan fingerprint density at radius 3 is 2.48 bits per heavy atom. The molecule has 0 aliphatic carbocycles. The summed E-state index contributed by atoms with van der Waals surface area (Å²) in [4.78, 5) is 17.0. The molecule has 1 N–H and O–H groups in total. The number of aryl methyl sites for hydroxylation is 1. The summed E-state index contributed by atoms with van der Waals surface area (Å²) in [7, 11) is 0. The van der Waals surface area contributed by atoms with Crippen molar-refractivity contribution < 1.29 is 14.3 Å². The van der Waals surface area contributed by atoms with E-state index in [0.29, 0.717) is 11.4 Å². The molecule has 0 unspecified atom stereocenters. The maximum atomic E-state index is 12.3. The summed E-state index contributed by atoms with van der Waals surface area (Å²) in [6.07, 6.45) is -0.153. The molecule has 141 valence electrons. The molecule has 0 aliphatic rings. The minimum atomic E-state index is -0.390. The van der Waals surface area contributed by atoms with Gasteiger partial charge in [0.25, 0.3) is 0 Å². The van der Waals surface area contributed by atoms with Crippen LogP contribution in [0.3, 0.4) is 0 Å². The number of pyridine rings is 1. The second kappa shape index (κ2) is 8.13. The van der Waals surface area contributed by atoms with Gasteiger partial charge in [-0.3, -0.25) is 0 Å². The van der Waals surface area contributed by atoms with Gasteiger partial charge >= 0.3 is 165 Å². The van der Waals surface area contributed by atoms with Gasteiger partial charge in [0.05, 0.1) is 0 Å². The number of ether oxygens (including phenoxy) is 2. The molecule has 3 aromatic rings. The van der Waals surface area contributed by atoms with Crippen molar-refractivity contribution in [2.24, 2.45) is 0 Å². The third-order valence-corrected chi connectivity index (χ3v) is 5.55. The van der Waals surface area contributed by atoms with Crippen LogP contribution in [0.4, 0.5) is 0 Å². The molecule has 0 fully saturated rings. The topological polar surface area (TPSA) is 77.1 Å². The van der Waals surface area contributed by atoms with Crippen molar-refractivity contribution >= 4 is 41.5 Å². The zero-order valence-electron chi connectivity index (χ0n) is 16.1. The van der Waals surface area contributed by atoms with Crippen LogP contribution >= 0.6 is 0 Å². The summed E-state index contributed by atoms with van der Waals surface area (Å²) in [5, 5.41) is 9.09. The van der Waals surface area contributed by atoms with Crippen molar-refractivity contribution in [3.8, 4) is 5.88 Å². The Labute approximate surface area is 165 Å². The Bertz CT molecular complexity index is 966. The second-order valence-corrected chi connectivity index (χ2v) is 9.25. The third kappa shape index (κ3) is 4.89. The number of esters is 1. The standard InChI is InChI=1S/C20H23AsN3O3/c1-11(2)26-19-16-7-6-14(20(25)27-12(3)4)9-15(16)10-17(22-19)21-18-8-13(5)23-24-18/h6-12H,1-5H3,(H,23,24). The average molecular weight is 428 g/mol. The number of carbonyl (C=O) groups excluding carboxylic acids is 1.